The van der Waals surface area contributed by atoms with E-state index in [2.05, 4.69) is 21.6 Å². The minimum absolute atomic E-state index is 0.706. The summed E-state index contributed by atoms with van der Waals surface area (Å²) in [6.45, 7) is 4.26. The Kier molecular flexibility index (Phi) is 6.25. The summed E-state index contributed by atoms with van der Waals surface area (Å²) in [4.78, 5) is 1.00. The molecule has 1 heterocycles. The van der Waals surface area contributed by atoms with Crippen LogP contribution in [0.1, 0.15) is 10.6 Å². The van der Waals surface area contributed by atoms with Crippen molar-refractivity contribution in [3.8, 4) is 0 Å². The van der Waals surface area contributed by atoms with Crippen LogP contribution >= 0.6 is 34.7 Å². The first-order chi connectivity index (χ1) is 9.69. The maximum Gasteiger partial charge on any atom is 0.179 e. The Morgan fingerprint density at radius 3 is 2.90 bits per heavy atom. The fourth-order valence-electron chi connectivity index (χ4n) is 1.56. The van der Waals surface area contributed by atoms with Crippen LogP contribution in [0.15, 0.2) is 27.4 Å². The van der Waals surface area contributed by atoms with E-state index in [9.17, 15) is 0 Å². The van der Waals surface area contributed by atoms with Gasteiger partial charge in [-0.1, -0.05) is 40.8 Å². The molecule has 2 aromatic rings. The molecule has 4 nitrogen and oxygen atoms in total. The zero-order chi connectivity index (χ0) is 14.4. The number of halogens is 1. The molecule has 108 valence electrons. The lowest BCUT2D eigenvalue weighted by atomic mass is 10.2. The van der Waals surface area contributed by atoms with E-state index < -0.39 is 0 Å². The minimum Gasteiger partial charge on any atom is -0.383 e. The largest absolute Gasteiger partial charge is 0.383 e. The third kappa shape index (κ3) is 4.71. The van der Waals surface area contributed by atoms with Gasteiger partial charge in [0.25, 0.3) is 0 Å². The molecule has 0 radical (unpaired) electrons. The number of nitrogens with zero attached hydrogens (tertiary/aromatic N) is 2. The summed E-state index contributed by atoms with van der Waals surface area (Å²) in [6.07, 6.45) is 0. The molecule has 1 aromatic carbocycles. The van der Waals surface area contributed by atoms with Gasteiger partial charge in [-0.05, 0) is 24.6 Å². The van der Waals surface area contributed by atoms with Crippen LogP contribution in [-0.4, -0.2) is 30.5 Å². The van der Waals surface area contributed by atoms with E-state index in [0.717, 1.165) is 37.9 Å². The maximum atomic E-state index is 6.31. The van der Waals surface area contributed by atoms with Crippen molar-refractivity contribution in [2.24, 2.45) is 0 Å². The van der Waals surface area contributed by atoms with Crippen molar-refractivity contribution in [3.05, 3.63) is 33.8 Å². The summed E-state index contributed by atoms with van der Waals surface area (Å²) < 4.78 is 5.90. The monoisotopic (exact) mass is 329 g/mol. The van der Waals surface area contributed by atoms with Gasteiger partial charge in [0, 0.05) is 25.1 Å². The molecule has 0 atom stereocenters. The SMILES string of the molecule is COCCNCc1ccc(Sc2nnc(C)s2)c(Cl)c1. The van der Waals surface area contributed by atoms with Crippen LogP contribution in [0.3, 0.4) is 0 Å². The first kappa shape index (κ1) is 15.7. The van der Waals surface area contributed by atoms with Gasteiger partial charge >= 0.3 is 0 Å². The van der Waals surface area contributed by atoms with Gasteiger partial charge in [0.1, 0.15) is 5.01 Å². The van der Waals surface area contributed by atoms with Gasteiger partial charge in [0.2, 0.25) is 0 Å². The van der Waals surface area contributed by atoms with Gasteiger partial charge < -0.3 is 10.1 Å². The molecule has 0 saturated carbocycles. The summed E-state index contributed by atoms with van der Waals surface area (Å²) in [7, 11) is 1.69. The quantitative estimate of drug-likeness (QED) is 0.789. The van der Waals surface area contributed by atoms with Crippen LogP contribution in [0, 0.1) is 6.92 Å². The Morgan fingerprint density at radius 2 is 2.25 bits per heavy atom. The van der Waals surface area contributed by atoms with Crippen molar-refractivity contribution >= 4 is 34.7 Å². The number of ether oxygens (including phenoxy) is 1. The van der Waals surface area contributed by atoms with Crippen LogP contribution < -0.4 is 5.32 Å². The number of methoxy groups -OCH3 is 1. The second-order valence-electron chi connectivity index (χ2n) is 4.12. The lowest BCUT2D eigenvalue weighted by Gasteiger charge is -2.07. The van der Waals surface area contributed by atoms with Crippen LogP contribution in [0.2, 0.25) is 5.02 Å². The van der Waals surface area contributed by atoms with Gasteiger partial charge in [-0.3, -0.25) is 0 Å². The smallest absolute Gasteiger partial charge is 0.179 e. The Hall–Kier alpha value is -0.660. The van der Waals surface area contributed by atoms with E-state index in [1.807, 2.05) is 19.1 Å². The number of aromatic nitrogens is 2. The normalized spacial score (nSPS) is 10.9. The zero-order valence-electron chi connectivity index (χ0n) is 11.4. The zero-order valence-corrected chi connectivity index (χ0v) is 13.7. The number of hydrogen-bond acceptors (Lipinski definition) is 6. The van der Waals surface area contributed by atoms with Crippen molar-refractivity contribution < 1.29 is 4.74 Å². The summed E-state index contributed by atoms with van der Waals surface area (Å²) in [5, 5.41) is 13.1. The molecule has 1 aromatic heterocycles. The Bertz CT molecular complexity index is 562. The van der Waals surface area contributed by atoms with Crippen LogP contribution in [0.5, 0.6) is 0 Å². The van der Waals surface area contributed by atoms with E-state index in [1.165, 1.54) is 0 Å². The summed E-state index contributed by atoms with van der Waals surface area (Å²) in [6, 6.07) is 6.08. The van der Waals surface area contributed by atoms with E-state index >= 15 is 0 Å². The summed E-state index contributed by atoms with van der Waals surface area (Å²) >= 11 is 9.43. The van der Waals surface area contributed by atoms with Crippen molar-refractivity contribution in [3.63, 3.8) is 0 Å². The first-order valence-corrected chi connectivity index (χ1v) is 8.16. The number of hydrogen-bond donors (Lipinski definition) is 1. The topological polar surface area (TPSA) is 47.0 Å². The molecule has 0 amide bonds. The van der Waals surface area contributed by atoms with Crippen molar-refractivity contribution in [2.75, 3.05) is 20.3 Å². The van der Waals surface area contributed by atoms with Crippen molar-refractivity contribution in [1.29, 1.82) is 0 Å². The first-order valence-electron chi connectivity index (χ1n) is 6.15. The predicted molar refractivity (Wildman–Crippen MR) is 83.8 cm³/mol. The average molecular weight is 330 g/mol. The minimum atomic E-state index is 0.706. The maximum absolute atomic E-state index is 6.31. The Labute approximate surface area is 131 Å². The number of aryl methyl sites for hydroxylation is 1. The molecule has 0 saturated heterocycles. The lowest BCUT2D eigenvalue weighted by molar-refractivity contribution is 0.199. The lowest BCUT2D eigenvalue weighted by Crippen LogP contribution is -2.18. The fraction of sp³-hybridized carbons (Fsp3) is 0.385. The molecule has 0 fully saturated rings. The van der Waals surface area contributed by atoms with Gasteiger partial charge in [-0.25, -0.2) is 0 Å². The summed E-state index contributed by atoms with van der Waals surface area (Å²) in [5.41, 5.74) is 1.16. The van der Waals surface area contributed by atoms with E-state index in [4.69, 9.17) is 16.3 Å². The van der Waals surface area contributed by atoms with E-state index in [0.29, 0.717) is 6.61 Å². The second-order valence-corrected chi connectivity index (χ2v) is 7.00. The highest BCUT2D eigenvalue weighted by Gasteiger charge is 2.07. The molecule has 0 aliphatic rings. The van der Waals surface area contributed by atoms with Gasteiger partial charge in [-0.15, -0.1) is 10.2 Å². The molecular weight excluding hydrogens is 314 g/mol. The third-order valence-electron chi connectivity index (χ3n) is 2.51. The molecule has 0 unspecified atom stereocenters. The second kappa shape index (κ2) is 7.95. The van der Waals surface area contributed by atoms with Gasteiger partial charge in [0.15, 0.2) is 4.34 Å². The number of benzene rings is 1. The standard InChI is InChI=1S/C13H16ClN3OS2/c1-9-16-17-13(19-9)20-12-4-3-10(7-11(12)14)8-15-5-6-18-2/h3-4,7,15H,5-6,8H2,1-2H3. The molecule has 7 heteroatoms. The van der Waals surface area contributed by atoms with Gasteiger partial charge in [0.05, 0.1) is 11.6 Å². The van der Waals surface area contributed by atoms with Crippen molar-refractivity contribution in [1.82, 2.24) is 15.5 Å². The highest BCUT2D eigenvalue weighted by molar-refractivity contribution is 8.01. The molecule has 1 N–H and O–H groups in total. The highest BCUT2D eigenvalue weighted by atomic mass is 35.5. The highest BCUT2D eigenvalue weighted by Crippen LogP contribution is 2.35. The van der Waals surface area contributed by atoms with E-state index in [-0.39, 0.29) is 0 Å². The molecule has 0 aliphatic carbocycles. The fourth-order valence-corrected chi connectivity index (χ4v) is 3.65. The molecule has 0 spiro atoms. The Balaban J connectivity index is 1.95. The summed E-state index contributed by atoms with van der Waals surface area (Å²) in [5.74, 6) is 0. The van der Waals surface area contributed by atoms with Crippen LogP contribution in [0.25, 0.3) is 0 Å². The van der Waals surface area contributed by atoms with Crippen molar-refractivity contribution in [2.45, 2.75) is 22.7 Å². The van der Waals surface area contributed by atoms with Crippen LogP contribution in [-0.2, 0) is 11.3 Å². The predicted octanol–water partition coefficient (Wildman–Crippen LogP) is 3.39. The number of nitrogens with one attached hydrogen (secondary N) is 1. The molecule has 20 heavy (non-hydrogen) atoms. The van der Waals surface area contributed by atoms with Gasteiger partial charge in [-0.2, -0.15) is 0 Å². The molecular formula is C13H16ClN3OS2. The third-order valence-corrected chi connectivity index (χ3v) is 4.90. The molecule has 0 bridgehead atoms. The Morgan fingerprint density at radius 1 is 1.40 bits per heavy atom. The number of rotatable bonds is 7. The van der Waals surface area contributed by atoms with E-state index in [1.54, 1.807) is 30.2 Å². The average Bonchev–Trinajstić information content (AvgIpc) is 2.83. The molecule has 0 aliphatic heterocycles. The molecule has 2 rings (SSSR count). The van der Waals surface area contributed by atoms with Crippen LogP contribution in [0.4, 0.5) is 0 Å².